The van der Waals surface area contributed by atoms with E-state index in [-0.39, 0.29) is 11.9 Å². The van der Waals surface area contributed by atoms with Crippen molar-refractivity contribution in [1.29, 1.82) is 0 Å². The van der Waals surface area contributed by atoms with Crippen LogP contribution in [0.3, 0.4) is 0 Å². The van der Waals surface area contributed by atoms with Crippen molar-refractivity contribution in [2.75, 3.05) is 33.4 Å². The van der Waals surface area contributed by atoms with Crippen LogP contribution in [0.25, 0.3) is 11.0 Å². The van der Waals surface area contributed by atoms with E-state index < -0.39 is 0 Å². The summed E-state index contributed by atoms with van der Waals surface area (Å²) in [6, 6.07) is 6.06. The maximum atomic E-state index is 12.5. The molecule has 0 saturated carbocycles. The highest BCUT2D eigenvalue weighted by molar-refractivity contribution is 6.06. The van der Waals surface area contributed by atoms with Crippen molar-refractivity contribution in [2.45, 2.75) is 19.4 Å². The molecule has 1 aliphatic rings. The van der Waals surface area contributed by atoms with E-state index >= 15 is 0 Å². The lowest BCUT2D eigenvalue weighted by atomic mass is 10.1. The molecule has 1 aliphatic heterocycles. The van der Waals surface area contributed by atoms with Crippen LogP contribution in [0.5, 0.6) is 0 Å². The number of ether oxygens (including phenoxy) is 1. The molecular weight excluding hydrogens is 280 g/mol. The molecule has 5 nitrogen and oxygen atoms in total. The summed E-state index contributed by atoms with van der Waals surface area (Å²) in [4.78, 5) is 14.8. The number of nitrogens with zero attached hydrogens (tertiary/aromatic N) is 1. The number of amides is 1. The van der Waals surface area contributed by atoms with Gasteiger partial charge < -0.3 is 14.5 Å². The molecule has 1 atom stereocenters. The van der Waals surface area contributed by atoms with E-state index in [9.17, 15) is 4.79 Å². The summed E-state index contributed by atoms with van der Waals surface area (Å²) >= 11 is 0. The van der Waals surface area contributed by atoms with Gasteiger partial charge in [-0.05, 0) is 18.9 Å². The van der Waals surface area contributed by atoms with Crippen molar-refractivity contribution in [2.24, 2.45) is 0 Å². The first-order valence-corrected chi connectivity index (χ1v) is 7.68. The lowest BCUT2D eigenvalue weighted by Crippen LogP contribution is -2.37. The molecule has 118 valence electrons. The van der Waals surface area contributed by atoms with Crippen LogP contribution in [0, 0.1) is 6.92 Å². The topological polar surface area (TPSA) is 54.7 Å². The summed E-state index contributed by atoms with van der Waals surface area (Å²) in [5.41, 5.74) is 2.46. The molecule has 0 bridgehead atoms. The van der Waals surface area contributed by atoms with Crippen LogP contribution >= 0.6 is 0 Å². The first-order chi connectivity index (χ1) is 10.7. The minimum Gasteiger partial charge on any atom is -0.463 e. The smallest absolute Gasteiger partial charge is 0.255 e. The first kappa shape index (κ1) is 15.1. The maximum absolute atomic E-state index is 12.5. The third kappa shape index (κ3) is 3.00. The Bertz CT molecular complexity index is 665. The van der Waals surface area contributed by atoms with Gasteiger partial charge in [0.15, 0.2) is 0 Å². The number of methoxy groups -OCH3 is 1. The number of carbonyl (C=O) groups excluding carboxylic acids is 1. The second-order valence-corrected chi connectivity index (χ2v) is 5.85. The van der Waals surface area contributed by atoms with E-state index in [1.54, 1.807) is 13.4 Å². The number of aryl methyl sites for hydroxylation is 1. The number of carbonyl (C=O) groups is 1. The Balaban J connectivity index is 1.66. The van der Waals surface area contributed by atoms with Gasteiger partial charge in [-0.25, -0.2) is 0 Å². The van der Waals surface area contributed by atoms with Crippen LogP contribution in [-0.2, 0) is 4.74 Å². The highest BCUT2D eigenvalue weighted by Gasteiger charge is 2.25. The van der Waals surface area contributed by atoms with Gasteiger partial charge in [0, 0.05) is 38.2 Å². The molecule has 1 fully saturated rings. The number of nitrogens with one attached hydrogen (secondary N) is 1. The van der Waals surface area contributed by atoms with Crippen molar-refractivity contribution >= 4 is 16.9 Å². The molecule has 1 saturated heterocycles. The van der Waals surface area contributed by atoms with Gasteiger partial charge in [0.25, 0.3) is 5.91 Å². The zero-order valence-electron chi connectivity index (χ0n) is 13.1. The molecule has 1 aromatic heterocycles. The monoisotopic (exact) mass is 302 g/mol. The van der Waals surface area contributed by atoms with Crippen LogP contribution in [0.4, 0.5) is 0 Å². The fraction of sp³-hybridized carbons (Fsp3) is 0.471. The molecular formula is C17H22N2O3. The Morgan fingerprint density at radius 2 is 2.36 bits per heavy atom. The fourth-order valence-electron chi connectivity index (χ4n) is 3.02. The number of fused-ring (bicyclic) bond motifs is 1. The zero-order valence-corrected chi connectivity index (χ0v) is 13.1. The normalized spacial score (nSPS) is 18.9. The number of likely N-dealkylation sites (tertiary alicyclic amines) is 1. The predicted octanol–water partition coefficient (Wildman–Crippen LogP) is 2.19. The molecule has 1 amide bonds. The number of para-hydroxylation sites is 1. The number of rotatable bonds is 5. The minimum atomic E-state index is -0.0528. The van der Waals surface area contributed by atoms with Gasteiger partial charge in [0.1, 0.15) is 11.8 Å². The van der Waals surface area contributed by atoms with E-state index in [2.05, 4.69) is 10.2 Å². The summed E-state index contributed by atoms with van der Waals surface area (Å²) in [6.07, 6.45) is 2.54. The Morgan fingerprint density at radius 1 is 1.50 bits per heavy atom. The number of hydrogen-bond donors (Lipinski definition) is 1. The van der Waals surface area contributed by atoms with E-state index in [0.29, 0.717) is 5.56 Å². The van der Waals surface area contributed by atoms with Crippen LogP contribution < -0.4 is 5.32 Å². The lowest BCUT2D eigenvalue weighted by molar-refractivity contribution is 0.0937. The van der Waals surface area contributed by atoms with Gasteiger partial charge >= 0.3 is 0 Å². The van der Waals surface area contributed by atoms with Gasteiger partial charge in [0.05, 0.1) is 12.2 Å². The average molecular weight is 302 g/mol. The molecule has 0 aliphatic carbocycles. The summed E-state index contributed by atoms with van der Waals surface area (Å²) in [7, 11) is 1.71. The van der Waals surface area contributed by atoms with E-state index in [0.717, 1.165) is 49.2 Å². The summed E-state index contributed by atoms with van der Waals surface area (Å²) in [5.74, 6) is -0.0528. The summed E-state index contributed by atoms with van der Waals surface area (Å²) in [6.45, 7) is 5.50. The summed E-state index contributed by atoms with van der Waals surface area (Å²) in [5, 5.41) is 4.00. The van der Waals surface area contributed by atoms with Gasteiger partial charge in [-0.2, -0.15) is 0 Å². The van der Waals surface area contributed by atoms with E-state index in [4.69, 9.17) is 9.15 Å². The number of furan rings is 1. The highest BCUT2D eigenvalue weighted by Crippen LogP contribution is 2.24. The maximum Gasteiger partial charge on any atom is 0.255 e. The first-order valence-electron chi connectivity index (χ1n) is 7.68. The Hall–Kier alpha value is -1.85. The summed E-state index contributed by atoms with van der Waals surface area (Å²) < 4.78 is 10.6. The van der Waals surface area contributed by atoms with Gasteiger partial charge in [-0.3, -0.25) is 9.69 Å². The third-order valence-corrected chi connectivity index (χ3v) is 4.26. The van der Waals surface area contributed by atoms with Crippen LogP contribution in [0.1, 0.15) is 22.3 Å². The number of hydrogen-bond acceptors (Lipinski definition) is 4. The Kier molecular flexibility index (Phi) is 4.45. The molecule has 22 heavy (non-hydrogen) atoms. The quantitative estimate of drug-likeness (QED) is 0.920. The largest absolute Gasteiger partial charge is 0.463 e. The second-order valence-electron chi connectivity index (χ2n) is 5.85. The zero-order chi connectivity index (χ0) is 15.5. The number of benzene rings is 1. The lowest BCUT2D eigenvalue weighted by Gasteiger charge is -2.15. The minimum absolute atomic E-state index is 0.0528. The molecule has 3 rings (SSSR count). The molecule has 1 unspecified atom stereocenters. The van der Waals surface area contributed by atoms with Crippen LogP contribution in [0.2, 0.25) is 0 Å². The SMILES string of the molecule is COCCN1CCC(NC(=O)c2coc3c(C)cccc23)C1. The van der Waals surface area contributed by atoms with Crippen LogP contribution in [-0.4, -0.2) is 50.2 Å². The van der Waals surface area contributed by atoms with Crippen molar-refractivity contribution in [3.63, 3.8) is 0 Å². The van der Waals surface area contributed by atoms with Crippen molar-refractivity contribution < 1.29 is 13.9 Å². The molecule has 2 heterocycles. The van der Waals surface area contributed by atoms with Crippen molar-refractivity contribution in [3.8, 4) is 0 Å². The molecule has 0 spiro atoms. The Morgan fingerprint density at radius 3 is 3.18 bits per heavy atom. The fourth-order valence-corrected chi connectivity index (χ4v) is 3.02. The Labute approximate surface area is 130 Å². The third-order valence-electron chi connectivity index (χ3n) is 4.26. The molecule has 5 heteroatoms. The predicted molar refractivity (Wildman–Crippen MR) is 85.1 cm³/mol. The average Bonchev–Trinajstić information content (AvgIpc) is 3.12. The molecule has 0 radical (unpaired) electrons. The standard InChI is InChI=1S/C17H22N2O3/c1-12-4-3-5-14-15(11-22-16(12)14)17(20)18-13-6-7-19(10-13)8-9-21-2/h3-5,11,13H,6-10H2,1-2H3,(H,18,20). The molecule has 1 aromatic carbocycles. The molecule has 2 aromatic rings. The van der Waals surface area contributed by atoms with Crippen LogP contribution in [0.15, 0.2) is 28.9 Å². The van der Waals surface area contributed by atoms with Gasteiger partial charge in [-0.1, -0.05) is 18.2 Å². The van der Waals surface area contributed by atoms with Crippen molar-refractivity contribution in [1.82, 2.24) is 10.2 Å². The highest BCUT2D eigenvalue weighted by atomic mass is 16.5. The second kappa shape index (κ2) is 6.50. The molecule has 1 N–H and O–H groups in total. The van der Waals surface area contributed by atoms with Gasteiger partial charge in [-0.15, -0.1) is 0 Å². The van der Waals surface area contributed by atoms with Gasteiger partial charge in [0.2, 0.25) is 0 Å². The van der Waals surface area contributed by atoms with E-state index in [1.165, 1.54) is 0 Å². The van der Waals surface area contributed by atoms with Crippen molar-refractivity contribution in [3.05, 3.63) is 35.6 Å². The van der Waals surface area contributed by atoms with E-state index in [1.807, 2.05) is 25.1 Å².